The van der Waals surface area contributed by atoms with Crippen molar-refractivity contribution >= 4 is 34.6 Å². The molecular weight excluding hydrogens is 350 g/mol. The van der Waals surface area contributed by atoms with Gasteiger partial charge in [0.1, 0.15) is 5.52 Å². The molecule has 2 aromatic carbocycles. The highest BCUT2D eigenvalue weighted by Crippen LogP contribution is 2.15. The third-order valence-electron chi connectivity index (χ3n) is 3.70. The molecule has 0 saturated carbocycles. The Morgan fingerprint density at radius 3 is 2.52 bits per heavy atom. The maximum atomic E-state index is 11.8. The van der Waals surface area contributed by atoms with E-state index in [-0.39, 0.29) is 12.8 Å². The van der Waals surface area contributed by atoms with Gasteiger partial charge < -0.3 is 20.2 Å². The average molecular weight is 367 g/mol. The van der Waals surface area contributed by atoms with Crippen LogP contribution >= 0.6 is 0 Å². The molecule has 8 heteroatoms. The van der Waals surface area contributed by atoms with Gasteiger partial charge in [-0.05, 0) is 36.4 Å². The van der Waals surface area contributed by atoms with E-state index in [1.807, 2.05) is 18.2 Å². The Labute approximate surface area is 154 Å². The number of carbonyl (C=O) groups is 3. The fourth-order valence-corrected chi connectivity index (χ4v) is 2.37. The normalized spacial score (nSPS) is 10.5. The Balaban J connectivity index is 1.42. The van der Waals surface area contributed by atoms with Gasteiger partial charge in [-0.2, -0.15) is 0 Å². The van der Waals surface area contributed by atoms with E-state index >= 15 is 0 Å². The molecule has 0 saturated heterocycles. The molecule has 0 unspecified atom stereocenters. The van der Waals surface area contributed by atoms with Crippen LogP contribution in [0.1, 0.15) is 22.7 Å². The molecule has 0 aliphatic heterocycles. The van der Waals surface area contributed by atoms with Crippen molar-refractivity contribution in [1.29, 1.82) is 0 Å². The number of primary amides is 1. The fourth-order valence-electron chi connectivity index (χ4n) is 2.37. The summed E-state index contributed by atoms with van der Waals surface area (Å²) in [5, 5.41) is 2.56. The van der Waals surface area contributed by atoms with Gasteiger partial charge in [-0.1, -0.05) is 12.1 Å². The van der Waals surface area contributed by atoms with Crippen LogP contribution in [0, 0.1) is 0 Å². The lowest BCUT2D eigenvalue weighted by atomic mass is 10.2. The number of fused-ring (bicyclic) bond motifs is 1. The zero-order valence-electron chi connectivity index (χ0n) is 14.3. The number of hydrogen-bond acceptors (Lipinski definition) is 6. The maximum Gasteiger partial charge on any atom is 0.306 e. The van der Waals surface area contributed by atoms with Crippen molar-refractivity contribution in [3.8, 4) is 0 Å². The number of esters is 1. The van der Waals surface area contributed by atoms with Gasteiger partial charge in [-0.25, -0.2) is 4.98 Å². The van der Waals surface area contributed by atoms with Crippen molar-refractivity contribution in [1.82, 2.24) is 4.98 Å². The summed E-state index contributed by atoms with van der Waals surface area (Å²) in [6.45, 7) is -0.413. The van der Waals surface area contributed by atoms with Gasteiger partial charge in [0.05, 0.1) is 6.42 Å². The highest BCUT2D eigenvalue weighted by Gasteiger charge is 2.11. The van der Waals surface area contributed by atoms with Crippen molar-refractivity contribution in [2.24, 2.45) is 5.73 Å². The molecule has 8 nitrogen and oxygen atoms in total. The number of ether oxygens (including phenoxy) is 1. The number of aromatic nitrogens is 1. The third kappa shape index (κ3) is 4.91. The summed E-state index contributed by atoms with van der Waals surface area (Å²) in [7, 11) is 0. The lowest BCUT2D eigenvalue weighted by molar-refractivity contribution is -0.147. The molecule has 0 aliphatic rings. The summed E-state index contributed by atoms with van der Waals surface area (Å²) < 4.78 is 10.5. The zero-order chi connectivity index (χ0) is 19.2. The standard InChI is InChI=1S/C19H17N3O5/c20-19(25)12-5-7-13(8-6-12)21-16(23)11-26-18(24)10-9-17-22-14-3-1-2-4-15(14)27-17/h1-8H,9-11H2,(H2,20,25)(H,21,23). The Morgan fingerprint density at radius 2 is 1.81 bits per heavy atom. The molecule has 3 rings (SSSR count). The molecule has 0 bridgehead atoms. The molecule has 0 fully saturated rings. The lowest BCUT2D eigenvalue weighted by Crippen LogP contribution is -2.21. The quantitative estimate of drug-likeness (QED) is 0.616. The molecule has 1 heterocycles. The largest absolute Gasteiger partial charge is 0.456 e. The van der Waals surface area contributed by atoms with Crippen LogP contribution in [0.2, 0.25) is 0 Å². The van der Waals surface area contributed by atoms with Crippen LogP contribution in [-0.4, -0.2) is 29.4 Å². The highest BCUT2D eigenvalue weighted by molar-refractivity contribution is 5.95. The number of amides is 2. The minimum Gasteiger partial charge on any atom is -0.456 e. The van der Waals surface area contributed by atoms with Gasteiger partial charge in [-0.15, -0.1) is 0 Å². The number of nitrogens with one attached hydrogen (secondary N) is 1. The van der Waals surface area contributed by atoms with Crippen LogP contribution in [0.5, 0.6) is 0 Å². The monoisotopic (exact) mass is 367 g/mol. The number of benzene rings is 2. The topological polar surface area (TPSA) is 125 Å². The summed E-state index contributed by atoms with van der Waals surface area (Å²) >= 11 is 0. The Morgan fingerprint density at radius 1 is 1.07 bits per heavy atom. The van der Waals surface area contributed by atoms with Crippen LogP contribution in [0.15, 0.2) is 52.9 Å². The average Bonchev–Trinajstić information content (AvgIpc) is 3.08. The van der Waals surface area contributed by atoms with E-state index in [9.17, 15) is 14.4 Å². The van der Waals surface area contributed by atoms with E-state index in [1.165, 1.54) is 24.3 Å². The second-order valence-corrected chi connectivity index (χ2v) is 5.73. The molecule has 0 spiro atoms. The number of nitrogens with two attached hydrogens (primary N) is 1. The number of oxazole rings is 1. The summed E-state index contributed by atoms with van der Waals surface area (Å²) in [5.74, 6) is -1.14. The van der Waals surface area contributed by atoms with Crippen LogP contribution in [0.3, 0.4) is 0 Å². The summed E-state index contributed by atoms with van der Waals surface area (Å²) in [4.78, 5) is 38.9. The molecule has 27 heavy (non-hydrogen) atoms. The predicted molar refractivity (Wildman–Crippen MR) is 96.9 cm³/mol. The van der Waals surface area contributed by atoms with Gasteiger partial charge in [0.15, 0.2) is 18.1 Å². The van der Waals surface area contributed by atoms with E-state index in [2.05, 4.69) is 10.3 Å². The molecule has 138 valence electrons. The zero-order valence-corrected chi connectivity index (χ0v) is 14.3. The molecule has 1 aromatic heterocycles. The third-order valence-corrected chi connectivity index (χ3v) is 3.70. The van der Waals surface area contributed by atoms with E-state index < -0.39 is 24.4 Å². The van der Waals surface area contributed by atoms with E-state index in [0.717, 1.165) is 5.52 Å². The molecule has 0 atom stereocenters. The summed E-state index contributed by atoms with van der Waals surface area (Å²) in [6.07, 6.45) is 0.330. The number of anilines is 1. The number of rotatable bonds is 7. The SMILES string of the molecule is NC(=O)c1ccc(NC(=O)COC(=O)CCc2nc3ccccc3o2)cc1. The smallest absolute Gasteiger partial charge is 0.306 e. The van der Waals surface area contributed by atoms with Crippen LogP contribution < -0.4 is 11.1 Å². The van der Waals surface area contributed by atoms with Crippen LogP contribution in [0.25, 0.3) is 11.1 Å². The van der Waals surface area contributed by atoms with Crippen molar-refractivity contribution in [2.45, 2.75) is 12.8 Å². The summed E-state index contributed by atoms with van der Waals surface area (Å²) in [5.41, 5.74) is 7.32. The lowest BCUT2D eigenvalue weighted by Gasteiger charge is -2.06. The molecule has 3 N–H and O–H groups in total. The Hall–Kier alpha value is -3.68. The summed E-state index contributed by atoms with van der Waals surface area (Å²) in [6, 6.07) is 13.4. The Bertz CT molecular complexity index is 945. The number of aryl methyl sites for hydroxylation is 1. The second-order valence-electron chi connectivity index (χ2n) is 5.73. The fraction of sp³-hybridized carbons (Fsp3) is 0.158. The first-order valence-electron chi connectivity index (χ1n) is 8.21. The Kier molecular flexibility index (Phi) is 5.46. The molecule has 3 aromatic rings. The minimum absolute atomic E-state index is 0.0490. The first-order chi connectivity index (χ1) is 13.0. The van der Waals surface area contributed by atoms with Gasteiger partial charge in [-0.3, -0.25) is 14.4 Å². The van der Waals surface area contributed by atoms with Crippen molar-refractivity contribution in [2.75, 3.05) is 11.9 Å². The first-order valence-corrected chi connectivity index (χ1v) is 8.21. The predicted octanol–water partition coefficient (Wildman–Crippen LogP) is 2.04. The minimum atomic E-state index is -0.555. The maximum absolute atomic E-state index is 11.8. The van der Waals surface area contributed by atoms with E-state index in [1.54, 1.807) is 6.07 Å². The van der Waals surface area contributed by atoms with Gasteiger partial charge >= 0.3 is 5.97 Å². The molecule has 2 amide bonds. The van der Waals surface area contributed by atoms with Gasteiger partial charge in [0.2, 0.25) is 5.91 Å². The van der Waals surface area contributed by atoms with Crippen LogP contribution in [0.4, 0.5) is 5.69 Å². The molecule has 0 radical (unpaired) electrons. The number of para-hydroxylation sites is 2. The van der Waals surface area contributed by atoms with E-state index in [0.29, 0.717) is 22.7 Å². The van der Waals surface area contributed by atoms with Crippen molar-refractivity contribution in [3.63, 3.8) is 0 Å². The number of nitrogens with zero attached hydrogens (tertiary/aromatic N) is 1. The van der Waals surface area contributed by atoms with E-state index in [4.69, 9.17) is 14.9 Å². The second kappa shape index (κ2) is 8.13. The number of hydrogen-bond donors (Lipinski definition) is 2. The highest BCUT2D eigenvalue weighted by atomic mass is 16.5. The van der Waals surface area contributed by atoms with Crippen molar-refractivity contribution < 1.29 is 23.5 Å². The van der Waals surface area contributed by atoms with Crippen LogP contribution in [-0.2, 0) is 20.7 Å². The van der Waals surface area contributed by atoms with Gasteiger partial charge in [0.25, 0.3) is 5.91 Å². The first kappa shape index (κ1) is 18.1. The molecule has 0 aliphatic carbocycles. The van der Waals surface area contributed by atoms with Gasteiger partial charge in [0, 0.05) is 17.7 Å². The molecular formula is C19H17N3O5. The van der Waals surface area contributed by atoms with Crippen molar-refractivity contribution in [3.05, 3.63) is 60.0 Å². The number of carbonyl (C=O) groups excluding carboxylic acids is 3.